The maximum absolute atomic E-state index is 14.6. The average molecular weight is 506 g/mol. The highest BCUT2D eigenvalue weighted by molar-refractivity contribution is 5.88. The Hall–Kier alpha value is -3.53. The number of aromatic nitrogens is 6. The molecule has 2 aliphatic carbocycles. The second-order valence-electron chi connectivity index (χ2n) is 9.97. The van der Waals surface area contributed by atoms with Gasteiger partial charge >= 0.3 is 0 Å². The Balaban J connectivity index is 0.000000266. The first-order valence-corrected chi connectivity index (χ1v) is 12.8. The van der Waals surface area contributed by atoms with Gasteiger partial charge in [0.25, 0.3) is 0 Å². The van der Waals surface area contributed by atoms with Crippen molar-refractivity contribution in [2.45, 2.75) is 51.7 Å². The standard InChI is InChI=1S/C21H21F2N5O.C6H8N2/c1-11-12(2)25-20-19(24-11)18(15-6-5-14(22)9-16(15)23)26-21(27-20)28-7-8-29-17(10-28)13-3-4-13;1-4-7-8(5-1)6-2-3-6/h5-6,9,13,17H,3-4,7-8,10H2,1-2H3;1,4-6H,2-3H2. The van der Waals surface area contributed by atoms with Crippen molar-refractivity contribution in [3.05, 3.63) is 59.7 Å². The molecule has 1 saturated heterocycles. The van der Waals surface area contributed by atoms with E-state index in [1.807, 2.05) is 37.0 Å². The van der Waals surface area contributed by atoms with Gasteiger partial charge in [-0.3, -0.25) is 4.68 Å². The Labute approximate surface area is 213 Å². The molecule has 1 aliphatic heterocycles. The number of ether oxygens (including phenoxy) is 1. The Kier molecular flexibility index (Phi) is 6.27. The van der Waals surface area contributed by atoms with Gasteiger partial charge in [-0.1, -0.05) is 0 Å². The molecule has 4 aromatic rings. The highest BCUT2D eigenvalue weighted by Gasteiger charge is 2.36. The molecule has 1 aromatic carbocycles. The van der Waals surface area contributed by atoms with Crippen molar-refractivity contribution in [2.24, 2.45) is 5.92 Å². The summed E-state index contributed by atoms with van der Waals surface area (Å²) in [4.78, 5) is 20.5. The summed E-state index contributed by atoms with van der Waals surface area (Å²) in [6.07, 6.45) is 9.04. The molecule has 0 bridgehead atoms. The van der Waals surface area contributed by atoms with Crippen LogP contribution >= 0.6 is 0 Å². The number of rotatable bonds is 4. The number of fused-ring (bicyclic) bond motifs is 1. The molecule has 7 rings (SSSR count). The SMILES string of the molecule is Cc1nc2nc(N3CCOC(C4CC4)C3)nc(-c3ccc(F)cc3F)c2nc1C.c1cnn(C2CC2)c1. The van der Waals surface area contributed by atoms with Gasteiger partial charge in [-0.25, -0.2) is 23.7 Å². The van der Waals surface area contributed by atoms with Gasteiger partial charge in [0.05, 0.1) is 30.1 Å². The summed E-state index contributed by atoms with van der Waals surface area (Å²) in [5.41, 5.74) is 2.81. The number of benzene rings is 1. The highest BCUT2D eigenvalue weighted by Crippen LogP contribution is 2.37. The Morgan fingerprint density at radius 1 is 0.973 bits per heavy atom. The minimum atomic E-state index is -0.686. The van der Waals surface area contributed by atoms with Gasteiger partial charge in [0.1, 0.15) is 22.8 Å². The van der Waals surface area contributed by atoms with Crippen LogP contribution in [-0.4, -0.2) is 55.5 Å². The molecule has 1 unspecified atom stereocenters. The number of aryl methyl sites for hydroxylation is 2. The molecule has 0 amide bonds. The molecule has 10 heteroatoms. The molecule has 3 aromatic heterocycles. The molecule has 0 spiro atoms. The number of hydrogen-bond donors (Lipinski definition) is 0. The maximum atomic E-state index is 14.6. The molecule has 1 atom stereocenters. The Morgan fingerprint density at radius 3 is 2.49 bits per heavy atom. The van der Waals surface area contributed by atoms with Gasteiger partial charge in [0.2, 0.25) is 5.95 Å². The van der Waals surface area contributed by atoms with Gasteiger partial charge in [-0.05, 0) is 63.6 Å². The molecule has 4 heterocycles. The fourth-order valence-electron chi connectivity index (χ4n) is 4.56. The largest absolute Gasteiger partial charge is 0.374 e. The average Bonchev–Trinajstić information content (AvgIpc) is 3.84. The molecule has 0 radical (unpaired) electrons. The van der Waals surface area contributed by atoms with E-state index in [0.29, 0.717) is 48.4 Å². The summed E-state index contributed by atoms with van der Waals surface area (Å²) in [6, 6.07) is 6.18. The molecular weight excluding hydrogens is 476 g/mol. The molecule has 37 heavy (non-hydrogen) atoms. The Morgan fingerprint density at radius 2 is 1.78 bits per heavy atom. The molecule has 8 nitrogen and oxygen atoms in total. The first-order chi connectivity index (χ1) is 18.0. The zero-order chi connectivity index (χ0) is 25.5. The third kappa shape index (κ3) is 5.16. The first kappa shape index (κ1) is 23.8. The molecule has 3 aliphatic rings. The normalized spacial score (nSPS) is 19.6. The van der Waals surface area contributed by atoms with Crippen LogP contribution < -0.4 is 4.90 Å². The summed E-state index contributed by atoms with van der Waals surface area (Å²) >= 11 is 0. The van der Waals surface area contributed by atoms with Gasteiger partial charge in [0, 0.05) is 37.1 Å². The van der Waals surface area contributed by atoms with E-state index in [1.54, 1.807) is 0 Å². The number of halogens is 2. The monoisotopic (exact) mass is 505 g/mol. The molecule has 3 fully saturated rings. The van der Waals surface area contributed by atoms with Crippen LogP contribution in [0.2, 0.25) is 0 Å². The van der Waals surface area contributed by atoms with Crippen molar-refractivity contribution in [1.82, 2.24) is 29.7 Å². The van der Waals surface area contributed by atoms with Crippen LogP contribution in [0.25, 0.3) is 22.4 Å². The number of hydrogen-bond acceptors (Lipinski definition) is 7. The molecule has 0 N–H and O–H groups in total. The maximum Gasteiger partial charge on any atom is 0.228 e. The minimum Gasteiger partial charge on any atom is -0.374 e. The quantitative estimate of drug-likeness (QED) is 0.394. The van der Waals surface area contributed by atoms with Gasteiger partial charge in [-0.15, -0.1) is 0 Å². The molecule has 2 saturated carbocycles. The molecular formula is C27H29F2N7O. The van der Waals surface area contributed by atoms with Crippen molar-refractivity contribution in [3.8, 4) is 11.3 Å². The topological polar surface area (TPSA) is 81.8 Å². The second-order valence-corrected chi connectivity index (χ2v) is 9.97. The fraction of sp³-hybridized carbons (Fsp3) is 0.444. The summed E-state index contributed by atoms with van der Waals surface area (Å²) in [7, 11) is 0. The smallest absolute Gasteiger partial charge is 0.228 e. The van der Waals surface area contributed by atoms with Gasteiger partial charge in [-0.2, -0.15) is 10.1 Å². The third-order valence-electron chi connectivity index (χ3n) is 7.09. The highest BCUT2D eigenvalue weighted by atomic mass is 19.1. The van der Waals surface area contributed by atoms with Crippen LogP contribution in [0.3, 0.4) is 0 Å². The summed E-state index contributed by atoms with van der Waals surface area (Å²) in [6.45, 7) is 5.64. The van der Waals surface area contributed by atoms with Crippen molar-refractivity contribution < 1.29 is 13.5 Å². The van der Waals surface area contributed by atoms with Gasteiger partial charge < -0.3 is 9.64 Å². The zero-order valence-electron chi connectivity index (χ0n) is 20.9. The lowest BCUT2D eigenvalue weighted by molar-refractivity contribution is 0.0259. The lowest BCUT2D eigenvalue weighted by Gasteiger charge is -2.33. The zero-order valence-corrected chi connectivity index (χ0v) is 20.9. The van der Waals surface area contributed by atoms with Crippen molar-refractivity contribution in [3.63, 3.8) is 0 Å². The number of anilines is 1. The van der Waals surface area contributed by atoms with E-state index in [9.17, 15) is 8.78 Å². The number of morpholine rings is 1. The first-order valence-electron chi connectivity index (χ1n) is 12.8. The van der Waals surface area contributed by atoms with Crippen LogP contribution in [0.1, 0.15) is 43.1 Å². The summed E-state index contributed by atoms with van der Waals surface area (Å²) in [5, 5.41) is 4.09. The molecule has 192 valence electrons. The van der Waals surface area contributed by atoms with Crippen molar-refractivity contribution in [1.29, 1.82) is 0 Å². The van der Waals surface area contributed by atoms with E-state index in [2.05, 4.69) is 29.9 Å². The predicted octanol–water partition coefficient (Wildman–Crippen LogP) is 4.82. The van der Waals surface area contributed by atoms with Crippen LogP contribution in [0, 0.1) is 31.4 Å². The van der Waals surface area contributed by atoms with Crippen LogP contribution in [-0.2, 0) is 4.74 Å². The second kappa shape index (κ2) is 9.74. The summed E-state index contributed by atoms with van der Waals surface area (Å²) in [5.74, 6) is -0.253. The van der Waals surface area contributed by atoms with E-state index in [4.69, 9.17) is 4.74 Å². The third-order valence-corrected chi connectivity index (χ3v) is 7.09. The fourth-order valence-corrected chi connectivity index (χ4v) is 4.56. The predicted molar refractivity (Wildman–Crippen MR) is 135 cm³/mol. The van der Waals surface area contributed by atoms with Crippen LogP contribution in [0.15, 0.2) is 36.7 Å². The van der Waals surface area contributed by atoms with Crippen LogP contribution in [0.5, 0.6) is 0 Å². The Bertz CT molecular complexity index is 1420. The lowest BCUT2D eigenvalue weighted by atomic mass is 10.1. The van der Waals surface area contributed by atoms with Crippen molar-refractivity contribution in [2.75, 3.05) is 24.6 Å². The minimum absolute atomic E-state index is 0.167. The lowest BCUT2D eigenvalue weighted by Crippen LogP contribution is -2.44. The van der Waals surface area contributed by atoms with E-state index in [1.165, 1.54) is 37.8 Å². The van der Waals surface area contributed by atoms with Gasteiger partial charge in [0.15, 0.2) is 5.65 Å². The van der Waals surface area contributed by atoms with E-state index >= 15 is 0 Å². The van der Waals surface area contributed by atoms with Crippen molar-refractivity contribution >= 4 is 17.1 Å². The van der Waals surface area contributed by atoms with Crippen LogP contribution in [0.4, 0.5) is 14.7 Å². The number of nitrogens with zero attached hydrogens (tertiary/aromatic N) is 7. The van der Waals surface area contributed by atoms with E-state index in [0.717, 1.165) is 23.5 Å². The van der Waals surface area contributed by atoms with E-state index < -0.39 is 11.6 Å². The van der Waals surface area contributed by atoms with E-state index in [-0.39, 0.29) is 11.7 Å². The summed E-state index contributed by atoms with van der Waals surface area (Å²) < 4.78 is 36.0.